The zero-order valence-electron chi connectivity index (χ0n) is 11.7. The van der Waals surface area contributed by atoms with E-state index in [1.54, 1.807) is 24.2 Å². The Morgan fingerprint density at radius 1 is 1.33 bits per heavy atom. The summed E-state index contributed by atoms with van der Waals surface area (Å²) in [5, 5.41) is 0.234. The minimum Gasteiger partial charge on any atom is -0.342 e. The SMILES string of the molecule is CN(CCCc1ccccc1)C(=O)c1cc(Br)cnc1Cl. The molecule has 0 atom stereocenters. The van der Waals surface area contributed by atoms with Crippen LogP contribution in [0.2, 0.25) is 5.15 Å². The average molecular weight is 368 g/mol. The van der Waals surface area contributed by atoms with Crippen molar-refractivity contribution in [3.05, 3.63) is 63.3 Å². The molecule has 0 radical (unpaired) electrons. The van der Waals surface area contributed by atoms with Crippen LogP contribution in [-0.4, -0.2) is 29.4 Å². The number of carbonyl (C=O) groups excluding carboxylic acids is 1. The maximum Gasteiger partial charge on any atom is 0.256 e. The highest BCUT2D eigenvalue weighted by Gasteiger charge is 2.16. The van der Waals surface area contributed by atoms with Crippen LogP contribution in [0.1, 0.15) is 22.3 Å². The molecule has 0 fully saturated rings. The van der Waals surface area contributed by atoms with Gasteiger partial charge in [-0.3, -0.25) is 4.79 Å². The number of halogens is 2. The number of hydrogen-bond acceptors (Lipinski definition) is 2. The topological polar surface area (TPSA) is 33.2 Å². The van der Waals surface area contributed by atoms with Gasteiger partial charge in [-0.1, -0.05) is 41.9 Å². The van der Waals surface area contributed by atoms with Gasteiger partial charge in [-0.2, -0.15) is 0 Å². The summed E-state index contributed by atoms with van der Waals surface area (Å²) in [6, 6.07) is 11.9. The molecular formula is C16H16BrClN2O. The first-order valence-electron chi connectivity index (χ1n) is 6.68. The van der Waals surface area contributed by atoms with Crippen molar-refractivity contribution in [2.45, 2.75) is 12.8 Å². The third-order valence-corrected chi connectivity index (χ3v) is 3.92. The molecule has 0 N–H and O–H groups in total. The predicted molar refractivity (Wildman–Crippen MR) is 88.7 cm³/mol. The molecular weight excluding hydrogens is 352 g/mol. The Hall–Kier alpha value is -1.39. The molecule has 1 aromatic heterocycles. The van der Waals surface area contributed by atoms with E-state index in [0.717, 1.165) is 17.3 Å². The second-order valence-corrected chi connectivity index (χ2v) is 6.08. The Labute approximate surface area is 138 Å². The third-order valence-electron chi connectivity index (χ3n) is 3.18. The lowest BCUT2D eigenvalue weighted by molar-refractivity contribution is 0.0793. The molecule has 0 saturated heterocycles. The first-order valence-corrected chi connectivity index (χ1v) is 7.85. The molecule has 110 valence electrons. The van der Waals surface area contributed by atoms with Crippen LogP contribution < -0.4 is 0 Å². The van der Waals surface area contributed by atoms with E-state index >= 15 is 0 Å². The monoisotopic (exact) mass is 366 g/mol. The fourth-order valence-corrected chi connectivity index (χ4v) is 2.56. The van der Waals surface area contributed by atoms with E-state index in [1.165, 1.54) is 5.56 Å². The van der Waals surface area contributed by atoms with Gasteiger partial charge in [-0.15, -0.1) is 0 Å². The lowest BCUT2D eigenvalue weighted by Crippen LogP contribution is -2.28. The molecule has 0 saturated carbocycles. The Morgan fingerprint density at radius 3 is 2.76 bits per heavy atom. The molecule has 1 heterocycles. The maximum absolute atomic E-state index is 12.3. The summed E-state index contributed by atoms with van der Waals surface area (Å²) >= 11 is 9.29. The first-order chi connectivity index (χ1) is 10.1. The fourth-order valence-electron chi connectivity index (χ4n) is 2.04. The zero-order valence-corrected chi connectivity index (χ0v) is 14.1. The van der Waals surface area contributed by atoms with Crippen LogP contribution in [0.25, 0.3) is 0 Å². The lowest BCUT2D eigenvalue weighted by atomic mass is 10.1. The van der Waals surface area contributed by atoms with Crippen molar-refractivity contribution < 1.29 is 4.79 Å². The number of rotatable bonds is 5. The van der Waals surface area contributed by atoms with Crippen LogP contribution >= 0.6 is 27.5 Å². The lowest BCUT2D eigenvalue weighted by Gasteiger charge is -2.17. The van der Waals surface area contributed by atoms with Crippen LogP contribution in [0.5, 0.6) is 0 Å². The summed E-state index contributed by atoms with van der Waals surface area (Å²) < 4.78 is 0.743. The molecule has 3 nitrogen and oxygen atoms in total. The number of aromatic nitrogens is 1. The van der Waals surface area contributed by atoms with E-state index < -0.39 is 0 Å². The molecule has 2 rings (SSSR count). The van der Waals surface area contributed by atoms with Crippen molar-refractivity contribution in [2.75, 3.05) is 13.6 Å². The average Bonchev–Trinajstić information content (AvgIpc) is 2.50. The number of nitrogens with zero attached hydrogens (tertiary/aromatic N) is 2. The summed E-state index contributed by atoms with van der Waals surface area (Å²) in [6.07, 6.45) is 3.43. The third kappa shape index (κ3) is 4.55. The van der Waals surface area contributed by atoms with Gasteiger partial charge in [0.15, 0.2) is 0 Å². The predicted octanol–water partition coefficient (Wildman–Crippen LogP) is 4.20. The quantitative estimate of drug-likeness (QED) is 0.742. The van der Waals surface area contributed by atoms with Crippen molar-refractivity contribution in [1.82, 2.24) is 9.88 Å². The summed E-state index contributed by atoms with van der Waals surface area (Å²) in [5.74, 6) is -0.109. The van der Waals surface area contributed by atoms with Crippen molar-refractivity contribution in [1.29, 1.82) is 0 Å². The summed E-state index contributed by atoms with van der Waals surface area (Å²) in [4.78, 5) is 18.0. The Balaban J connectivity index is 1.92. The molecule has 1 amide bonds. The van der Waals surface area contributed by atoms with E-state index in [4.69, 9.17) is 11.6 Å². The largest absolute Gasteiger partial charge is 0.342 e. The van der Waals surface area contributed by atoms with Gasteiger partial charge in [0.1, 0.15) is 5.15 Å². The van der Waals surface area contributed by atoms with Gasteiger partial charge in [0.2, 0.25) is 0 Å². The molecule has 2 aromatic rings. The van der Waals surface area contributed by atoms with Gasteiger partial charge in [0.25, 0.3) is 5.91 Å². The van der Waals surface area contributed by atoms with Crippen molar-refractivity contribution in [3.8, 4) is 0 Å². The Bertz CT molecular complexity index is 619. The van der Waals surface area contributed by atoms with Crippen molar-refractivity contribution in [3.63, 3.8) is 0 Å². The molecule has 0 aliphatic heterocycles. The number of aryl methyl sites for hydroxylation is 1. The van der Waals surface area contributed by atoms with Crippen LogP contribution in [0.3, 0.4) is 0 Å². The van der Waals surface area contributed by atoms with Crippen LogP contribution in [-0.2, 0) is 6.42 Å². The molecule has 0 spiro atoms. The highest BCUT2D eigenvalue weighted by Crippen LogP contribution is 2.19. The van der Waals surface area contributed by atoms with Gasteiger partial charge in [0, 0.05) is 24.3 Å². The van der Waals surface area contributed by atoms with E-state index in [0.29, 0.717) is 12.1 Å². The molecule has 1 aromatic carbocycles. The standard InChI is InChI=1S/C16H16BrClN2O/c1-20(9-5-8-12-6-3-2-4-7-12)16(21)14-10-13(17)11-19-15(14)18/h2-4,6-7,10-11H,5,8-9H2,1H3. The van der Waals surface area contributed by atoms with E-state index in [-0.39, 0.29) is 11.1 Å². The van der Waals surface area contributed by atoms with Gasteiger partial charge in [-0.05, 0) is 40.4 Å². The van der Waals surface area contributed by atoms with Gasteiger partial charge in [0.05, 0.1) is 5.56 Å². The first kappa shape index (κ1) is 16.0. The summed E-state index contributed by atoms with van der Waals surface area (Å²) in [7, 11) is 1.78. The zero-order chi connectivity index (χ0) is 15.2. The number of amides is 1. The van der Waals surface area contributed by atoms with Crippen LogP contribution in [0.15, 0.2) is 47.1 Å². The Kier molecular flexibility index (Phi) is 5.76. The highest BCUT2D eigenvalue weighted by atomic mass is 79.9. The molecule has 0 unspecified atom stereocenters. The smallest absolute Gasteiger partial charge is 0.256 e. The van der Waals surface area contributed by atoms with Crippen molar-refractivity contribution in [2.24, 2.45) is 0 Å². The molecule has 0 aliphatic rings. The molecule has 0 aliphatic carbocycles. The highest BCUT2D eigenvalue weighted by molar-refractivity contribution is 9.10. The van der Waals surface area contributed by atoms with E-state index in [9.17, 15) is 4.79 Å². The van der Waals surface area contributed by atoms with Crippen LogP contribution in [0.4, 0.5) is 0 Å². The normalized spacial score (nSPS) is 10.4. The second kappa shape index (κ2) is 7.57. The number of carbonyl (C=O) groups is 1. The van der Waals surface area contributed by atoms with Crippen molar-refractivity contribution >= 4 is 33.4 Å². The number of benzene rings is 1. The van der Waals surface area contributed by atoms with Gasteiger partial charge in [-0.25, -0.2) is 4.98 Å². The summed E-state index contributed by atoms with van der Waals surface area (Å²) in [5.41, 5.74) is 1.70. The van der Waals surface area contributed by atoms with Gasteiger partial charge < -0.3 is 4.90 Å². The van der Waals surface area contributed by atoms with E-state index in [2.05, 4.69) is 33.0 Å². The fraction of sp³-hybridized carbons (Fsp3) is 0.250. The molecule has 0 bridgehead atoms. The Morgan fingerprint density at radius 2 is 2.05 bits per heavy atom. The minimum absolute atomic E-state index is 0.109. The number of hydrogen-bond donors (Lipinski definition) is 0. The van der Waals surface area contributed by atoms with E-state index in [1.807, 2.05) is 18.2 Å². The summed E-state index contributed by atoms with van der Waals surface area (Å²) in [6.45, 7) is 0.677. The maximum atomic E-state index is 12.3. The second-order valence-electron chi connectivity index (χ2n) is 4.81. The van der Waals surface area contributed by atoms with Gasteiger partial charge >= 0.3 is 0 Å². The number of pyridine rings is 1. The minimum atomic E-state index is -0.109. The molecule has 21 heavy (non-hydrogen) atoms. The van der Waals surface area contributed by atoms with Crippen LogP contribution in [0, 0.1) is 0 Å². The molecule has 5 heteroatoms.